The SMILES string of the molecule is C=CCN(CCO)S(=O)(=O)N1CCCC(CN)C1. The fourth-order valence-electron chi connectivity index (χ4n) is 2.15. The van der Waals surface area contributed by atoms with Crippen LogP contribution in [0.2, 0.25) is 0 Å². The predicted molar refractivity (Wildman–Crippen MR) is 71.1 cm³/mol. The highest BCUT2D eigenvalue weighted by molar-refractivity contribution is 7.86. The Morgan fingerprint density at radius 1 is 1.56 bits per heavy atom. The summed E-state index contributed by atoms with van der Waals surface area (Å²) in [7, 11) is -3.51. The normalized spacial score (nSPS) is 22.3. The van der Waals surface area contributed by atoms with Gasteiger partial charge < -0.3 is 10.8 Å². The average Bonchev–Trinajstić information content (AvgIpc) is 2.38. The van der Waals surface area contributed by atoms with Gasteiger partial charge in [0.15, 0.2) is 0 Å². The van der Waals surface area contributed by atoms with E-state index < -0.39 is 10.2 Å². The summed E-state index contributed by atoms with van der Waals surface area (Å²) in [5.74, 6) is 0.230. The molecule has 0 saturated carbocycles. The summed E-state index contributed by atoms with van der Waals surface area (Å²) in [6.07, 6.45) is 3.34. The molecule has 18 heavy (non-hydrogen) atoms. The molecule has 1 heterocycles. The largest absolute Gasteiger partial charge is 0.395 e. The Morgan fingerprint density at radius 2 is 2.28 bits per heavy atom. The second-order valence-corrected chi connectivity index (χ2v) is 6.41. The molecule has 0 amide bonds. The molecule has 0 spiro atoms. The quantitative estimate of drug-likeness (QED) is 0.607. The first-order valence-corrected chi connectivity index (χ1v) is 7.63. The average molecular weight is 277 g/mol. The molecule has 1 aliphatic heterocycles. The summed E-state index contributed by atoms with van der Waals surface area (Å²) in [6.45, 7) is 5.17. The molecule has 1 saturated heterocycles. The molecule has 1 aliphatic rings. The lowest BCUT2D eigenvalue weighted by Crippen LogP contribution is -2.49. The van der Waals surface area contributed by atoms with Crippen LogP contribution in [0.3, 0.4) is 0 Å². The van der Waals surface area contributed by atoms with Gasteiger partial charge in [0.2, 0.25) is 0 Å². The van der Waals surface area contributed by atoms with E-state index >= 15 is 0 Å². The van der Waals surface area contributed by atoms with Crippen molar-refractivity contribution >= 4 is 10.2 Å². The van der Waals surface area contributed by atoms with Crippen LogP contribution in [0.15, 0.2) is 12.7 Å². The van der Waals surface area contributed by atoms with Gasteiger partial charge in [-0.15, -0.1) is 6.58 Å². The summed E-state index contributed by atoms with van der Waals surface area (Å²) >= 11 is 0. The van der Waals surface area contributed by atoms with Crippen molar-refractivity contribution in [3.8, 4) is 0 Å². The molecule has 6 nitrogen and oxygen atoms in total. The van der Waals surface area contributed by atoms with Crippen LogP contribution >= 0.6 is 0 Å². The zero-order valence-corrected chi connectivity index (χ0v) is 11.5. The van der Waals surface area contributed by atoms with E-state index in [1.165, 1.54) is 14.7 Å². The molecule has 7 heteroatoms. The van der Waals surface area contributed by atoms with Crippen LogP contribution < -0.4 is 5.73 Å². The van der Waals surface area contributed by atoms with Crippen LogP contribution in [0.25, 0.3) is 0 Å². The number of hydrogen-bond donors (Lipinski definition) is 2. The van der Waals surface area contributed by atoms with Crippen molar-refractivity contribution in [1.29, 1.82) is 0 Å². The third kappa shape index (κ3) is 3.76. The number of piperidine rings is 1. The summed E-state index contributed by atoms with van der Waals surface area (Å²) < 4.78 is 27.5. The molecular weight excluding hydrogens is 254 g/mol. The number of hydrogen-bond acceptors (Lipinski definition) is 4. The molecule has 1 atom stereocenters. The van der Waals surface area contributed by atoms with Crippen LogP contribution in [0.4, 0.5) is 0 Å². The third-order valence-corrected chi connectivity index (χ3v) is 5.12. The van der Waals surface area contributed by atoms with Crippen LogP contribution in [0.5, 0.6) is 0 Å². The Kier molecular flexibility index (Phi) is 6.24. The van der Waals surface area contributed by atoms with Gasteiger partial charge in [0.1, 0.15) is 0 Å². The minimum atomic E-state index is -3.51. The van der Waals surface area contributed by atoms with Crippen LogP contribution in [-0.4, -0.2) is 61.5 Å². The molecule has 1 rings (SSSR count). The first kappa shape index (κ1) is 15.6. The van der Waals surface area contributed by atoms with Crippen molar-refractivity contribution in [3.63, 3.8) is 0 Å². The number of aliphatic hydroxyl groups is 1. The second-order valence-electron chi connectivity index (χ2n) is 4.48. The summed E-state index contributed by atoms with van der Waals surface area (Å²) in [5, 5.41) is 8.94. The minimum absolute atomic E-state index is 0.0954. The number of aliphatic hydroxyl groups excluding tert-OH is 1. The zero-order chi connectivity index (χ0) is 13.6. The van der Waals surface area contributed by atoms with E-state index in [0.717, 1.165) is 12.8 Å². The van der Waals surface area contributed by atoms with Gasteiger partial charge in [-0.05, 0) is 25.3 Å². The van der Waals surface area contributed by atoms with Gasteiger partial charge >= 0.3 is 0 Å². The van der Waals surface area contributed by atoms with E-state index in [4.69, 9.17) is 10.8 Å². The fourth-order valence-corrected chi connectivity index (χ4v) is 3.84. The van der Waals surface area contributed by atoms with E-state index in [0.29, 0.717) is 19.6 Å². The summed E-state index contributed by atoms with van der Waals surface area (Å²) in [4.78, 5) is 0. The van der Waals surface area contributed by atoms with Crippen LogP contribution in [0, 0.1) is 5.92 Å². The number of rotatable bonds is 7. The predicted octanol–water partition coefficient (Wildman–Crippen LogP) is -0.618. The number of nitrogens with zero attached hydrogens (tertiary/aromatic N) is 2. The topological polar surface area (TPSA) is 86.9 Å². The van der Waals surface area contributed by atoms with Gasteiger partial charge in [-0.2, -0.15) is 17.0 Å². The smallest absolute Gasteiger partial charge is 0.282 e. The first-order valence-electron chi connectivity index (χ1n) is 6.23. The minimum Gasteiger partial charge on any atom is -0.395 e. The van der Waals surface area contributed by atoms with E-state index in [1.54, 1.807) is 0 Å². The molecule has 3 N–H and O–H groups in total. The lowest BCUT2D eigenvalue weighted by Gasteiger charge is -2.34. The van der Waals surface area contributed by atoms with Crippen molar-refractivity contribution < 1.29 is 13.5 Å². The van der Waals surface area contributed by atoms with Gasteiger partial charge in [-0.25, -0.2) is 0 Å². The standard InChI is InChI=1S/C11H23N3O3S/c1-2-5-13(7-8-15)18(16,17)14-6-3-4-11(9-12)10-14/h2,11,15H,1,3-10,12H2. The molecular formula is C11H23N3O3S. The third-order valence-electron chi connectivity index (χ3n) is 3.15. The van der Waals surface area contributed by atoms with Crippen molar-refractivity contribution in [2.45, 2.75) is 12.8 Å². The van der Waals surface area contributed by atoms with Crippen LogP contribution in [-0.2, 0) is 10.2 Å². The molecule has 0 aliphatic carbocycles. The molecule has 1 fully saturated rings. The van der Waals surface area contributed by atoms with Gasteiger partial charge in [0.25, 0.3) is 10.2 Å². The summed E-state index contributed by atoms with van der Waals surface area (Å²) in [6, 6.07) is 0. The molecule has 106 valence electrons. The van der Waals surface area contributed by atoms with Crippen molar-refractivity contribution in [2.24, 2.45) is 11.7 Å². The maximum absolute atomic E-state index is 12.4. The Labute approximate surface area is 109 Å². The highest BCUT2D eigenvalue weighted by Gasteiger charge is 2.32. The highest BCUT2D eigenvalue weighted by atomic mass is 32.2. The molecule has 1 unspecified atom stereocenters. The van der Waals surface area contributed by atoms with Gasteiger partial charge in [-0.3, -0.25) is 0 Å². The first-order chi connectivity index (χ1) is 8.56. The zero-order valence-electron chi connectivity index (χ0n) is 10.7. The molecule has 0 bridgehead atoms. The van der Waals surface area contributed by atoms with E-state index in [9.17, 15) is 8.42 Å². The molecule has 0 aromatic rings. The lowest BCUT2D eigenvalue weighted by molar-refractivity contribution is 0.230. The van der Waals surface area contributed by atoms with Gasteiger partial charge in [0, 0.05) is 26.2 Å². The van der Waals surface area contributed by atoms with Crippen molar-refractivity contribution in [1.82, 2.24) is 8.61 Å². The van der Waals surface area contributed by atoms with E-state index in [-0.39, 0.29) is 25.6 Å². The maximum Gasteiger partial charge on any atom is 0.282 e. The van der Waals surface area contributed by atoms with Crippen molar-refractivity contribution in [3.05, 3.63) is 12.7 Å². The second kappa shape index (κ2) is 7.20. The maximum atomic E-state index is 12.4. The van der Waals surface area contributed by atoms with Gasteiger partial charge in [0.05, 0.1) is 6.61 Å². The Morgan fingerprint density at radius 3 is 2.83 bits per heavy atom. The summed E-state index contributed by atoms with van der Waals surface area (Å²) in [5.41, 5.74) is 5.61. The Bertz CT molecular complexity index is 359. The lowest BCUT2D eigenvalue weighted by atomic mass is 10.0. The number of nitrogens with two attached hydrogens (primary N) is 1. The van der Waals surface area contributed by atoms with Crippen LogP contribution in [0.1, 0.15) is 12.8 Å². The van der Waals surface area contributed by atoms with Gasteiger partial charge in [-0.1, -0.05) is 6.08 Å². The highest BCUT2D eigenvalue weighted by Crippen LogP contribution is 2.20. The Hall–Kier alpha value is -0.470. The van der Waals surface area contributed by atoms with Crippen molar-refractivity contribution in [2.75, 3.05) is 39.3 Å². The van der Waals surface area contributed by atoms with E-state index in [2.05, 4.69) is 6.58 Å². The molecule has 0 aromatic carbocycles. The van der Waals surface area contributed by atoms with E-state index in [1.807, 2.05) is 0 Å². The molecule has 0 radical (unpaired) electrons. The Balaban J connectivity index is 2.78. The monoisotopic (exact) mass is 277 g/mol. The fraction of sp³-hybridized carbons (Fsp3) is 0.818. The molecule has 0 aromatic heterocycles.